The molecule has 0 amide bonds. The Hall–Kier alpha value is -2.02. The van der Waals surface area contributed by atoms with E-state index >= 15 is 0 Å². The molecule has 7 heteroatoms. The van der Waals surface area contributed by atoms with Crippen LogP contribution in [0, 0.1) is 15.5 Å². The molecule has 3 aliphatic rings. The minimum absolute atomic E-state index is 0.219. The Kier molecular flexibility index (Phi) is 2.53. The van der Waals surface area contributed by atoms with Gasteiger partial charge in [0.2, 0.25) is 0 Å². The fraction of sp³-hybridized carbons (Fsp3) is 0.500. The Labute approximate surface area is 109 Å². The van der Waals surface area contributed by atoms with E-state index in [0.29, 0.717) is 18.5 Å². The fourth-order valence-corrected chi connectivity index (χ4v) is 2.93. The molecule has 1 fully saturated rings. The summed E-state index contributed by atoms with van der Waals surface area (Å²) in [6, 6.07) is 0. The van der Waals surface area contributed by atoms with Crippen LogP contribution < -0.4 is 0 Å². The minimum atomic E-state index is -0.717. The molecule has 0 unspecified atom stereocenters. The highest BCUT2D eigenvalue weighted by Crippen LogP contribution is 2.41. The van der Waals surface area contributed by atoms with Gasteiger partial charge in [-0.05, 0) is 31.8 Å². The Morgan fingerprint density at radius 2 is 2.05 bits per heavy atom. The van der Waals surface area contributed by atoms with Gasteiger partial charge in [-0.1, -0.05) is 6.42 Å². The number of hydrogen-bond acceptors (Lipinski definition) is 6. The van der Waals surface area contributed by atoms with E-state index in [1.54, 1.807) is 0 Å². The van der Waals surface area contributed by atoms with E-state index in [2.05, 4.69) is 4.99 Å². The van der Waals surface area contributed by atoms with Crippen molar-refractivity contribution in [2.45, 2.75) is 37.8 Å². The number of aliphatic imine (C=N–C) groups is 1. The van der Waals surface area contributed by atoms with Crippen molar-refractivity contribution in [1.29, 1.82) is 5.41 Å². The minimum Gasteiger partial charge on any atom is -0.292 e. The summed E-state index contributed by atoms with van der Waals surface area (Å²) in [5.74, 6) is 0. The van der Waals surface area contributed by atoms with Gasteiger partial charge in [-0.3, -0.25) is 25.7 Å². The standard InChI is InChI=1S/C12H14N4O3/c13-10-8(16(18)19)4-5-9-11(10)14-12(15(9)17)6-2-1-3-7-12/h4-5,13,17H,1-3,6-7H2. The second-order valence-electron chi connectivity index (χ2n) is 5.05. The van der Waals surface area contributed by atoms with Crippen molar-refractivity contribution in [2.24, 2.45) is 4.99 Å². The molecule has 7 nitrogen and oxygen atoms in total. The van der Waals surface area contributed by atoms with Crippen LogP contribution in [0.4, 0.5) is 0 Å². The summed E-state index contributed by atoms with van der Waals surface area (Å²) >= 11 is 0. The molecule has 0 bridgehead atoms. The number of nitrogens with one attached hydrogen (secondary N) is 1. The van der Waals surface area contributed by atoms with E-state index in [0.717, 1.165) is 24.3 Å². The third-order valence-electron chi connectivity index (χ3n) is 3.93. The Bertz CT molecular complexity index is 555. The summed E-state index contributed by atoms with van der Waals surface area (Å²) in [6.07, 6.45) is 7.18. The molecule has 0 atom stereocenters. The molecule has 0 aromatic heterocycles. The number of hydrogen-bond donors (Lipinski definition) is 2. The maximum absolute atomic E-state index is 10.8. The summed E-state index contributed by atoms with van der Waals surface area (Å²) < 4.78 is 0. The van der Waals surface area contributed by atoms with E-state index < -0.39 is 10.6 Å². The van der Waals surface area contributed by atoms with E-state index in [1.165, 1.54) is 12.2 Å². The molecule has 1 spiro atoms. The predicted molar refractivity (Wildman–Crippen MR) is 67.8 cm³/mol. The predicted octanol–water partition coefficient (Wildman–Crippen LogP) is 1.87. The van der Waals surface area contributed by atoms with Gasteiger partial charge >= 0.3 is 0 Å². The maximum Gasteiger partial charge on any atom is 0.296 e. The van der Waals surface area contributed by atoms with Crippen LogP contribution in [0.15, 0.2) is 28.5 Å². The van der Waals surface area contributed by atoms with Crippen LogP contribution in [0.3, 0.4) is 0 Å². The van der Waals surface area contributed by atoms with Gasteiger partial charge in [0, 0.05) is 6.08 Å². The van der Waals surface area contributed by atoms with Gasteiger partial charge in [0.05, 0.1) is 10.6 Å². The third kappa shape index (κ3) is 1.61. The second-order valence-corrected chi connectivity index (χ2v) is 5.05. The van der Waals surface area contributed by atoms with E-state index in [9.17, 15) is 15.3 Å². The van der Waals surface area contributed by atoms with Crippen molar-refractivity contribution >= 4 is 11.4 Å². The zero-order valence-electron chi connectivity index (χ0n) is 10.3. The Balaban J connectivity index is 2.03. The smallest absolute Gasteiger partial charge is 0.292 e. The Morgan fingerprint density at radius 1 is 1.37 bits per heavy atom. The van der Waals surface area contributed by atoms with E-state index in [4.69, 9.17) is 5.41 Å². The molecule has 0 radical (unpaired) electrons. The van der Waals surface area contributed by atoms with Crippen LogP contribution in [-0.2, 0) is 0 Å². The molecule has 19 heavy (non-hydrogen) atoms. The van der Waals surface area contributed by atoms with Gasteiger partial charge in [-0.2, -0.15) is 0 Å². The highest BCUT2D eigenvalue weighted by Gasteiger charge is 2.48. The van der Waals surface area contributed by atoms with Crippen LogP contribution in [-0.4, -0.2) is 32.3 Å². The molecular formula is C12H14N4O3. The van der Waals surface area contributed by atoms with E-state index in [1.807, 2.05) is 0 Å². The van der Waals surface area contributed by atoms with Crippen LogP contribution in [0.5, 0.6) is 0 Å². The quantitative estimate of drug-likeness (QED) is 0.427. The van der Waals surface area contributed by atoms with Gasteiger partial charge in [-0.25, -0.2) is 5.06 Å². The molecule has 0 aromatic rings. The molecule has 1 saturated carbocycles. The van der Waals surface area contributed by atoms with Gasteiger partial charge in [0.1, 0.15) is 5.71 Å². The lowest BCUT2D eigenvalue weighted by molar-refractivity contribution is -0.414. The van der Waals surface area contributed by atoms with Crippen molar-refractivity contribution in [1.82, 2.24) is 5.06 Å². The number of nitro groups is 1. The number of nitrogens with zero attached hydrogens (tertiary/aromatic N) is 3. The molecule has 1 heterocycles. The fourth-order valence-electron chi connectivity index (χ4n) is 2.93. The number of hydroxylamine groups is 2. The summed E-state index contributed by atoms with van der Waals surface area (Å²) in [7, 11) is 0. The van der Waals surface area contributed by atoms with Crippen molar-refractivity contribution in [3.8, 4) is 0 Å². The molecule has 2 N–H and O–H groups in total. The normalized spacial score (nSPS) is 24.8. The molecule has 0 saturated heterocycles. The average Bonchev–Trinajstić information content (AvgIpc) is 2.66. The summed E-state index contributed by atoms with van der Waals surface area (Å²) in [5, 5.41) is 30.1. The van der Waals surface area contributed by atoms with Gasteiger partial charge in [0.25, 0.3) is 5.70 Å². The first-order valence-electron chi connectivity index (χ1n) is 6.30. The van der Waals surface area contributed by atoms with Crippen molar-refractivity contribution < 1.29 is 10.1 Å². The monoisotopic (exact) mass is 262 g/mol. The van der Waals surface area contributed by atoms with E-state index in [-0.39, 0.29) is 17.1 Å². The highest BCUT2D eigenvalue weighted by atomic mass is 16.6. The zero-order valence-corrected chi connectivity index (χ0v) is 10.3. The lowest BCUT2D eigenvalue weighted by Gasteiger charge is -2.36. The van der Waals surface area contributed by atoms with Crippen LogP contribution in [0.25, 0.3) is 0 Å². The van der Waals surface area contributed by atoms with Crippen LogP contribution in [0.1, 0.15) is 32.1 Å². The lowest BCUT2D eigenvalue weighted by atomic mass is 9.89. The van der Waals surface area contributed by atoms with Crippen LogP contribution in [0.2, 0.25) is 0 Å². The molecule has 0 aromatic carbocycles. The largest absolute Gasteiger partial charge is 0.296 e. The summed E-state index contributed by atoms with van der Waals surface area (Å²) in [4.78, 5) is 14.7. The topological polar surface area (TPSA) is 103 Å². The Morgan fingerprint density at radius 3 is 2.68 bits per heavy atom. The third-order valence-corrected chi connectivity index (χ3v) is 3.93. The van der Waals surface area contributed by atoms with Gasteiger partial charge < -0.3 is 0 Å². The first-order chi connectivity index (χ1) is 9.05. The zero-order chi connectivity index (χ0) is 13.6. The summed E-state index contributed by atoms with van der Waals surface area (Å²) in [5.41, 5.74) is -0.574. The van der Waals surface area contributed by atoms with Gasteiger partial charge in [0.15, 0.2) is 11.4 Å². The first kappa shape index (κ1) is 12.0. The number of rotatable bonds is 1. The molecule has 100 valence electrons. The number of fused-ring (bicyclic) bond motifs is 1. The summed E-state index contributed by atoms with van der Waals surface area (Å²) in [6.45, 7) is 0. The highest BCUT2D eigenvalue weighted by molar-refractivity contribution is 6.53. The molecule has 1 aliphatic heterocycles. The molecular weight excluding hydrogens is 248 g/mol. The SMILES string of the molecule is N=C1C([N+](=O)[O-])=CC=C2C1=NC1(CCCCC1)N2O. The number of allylic oxidation sites excluding steroid dienone is 4. The van der Waals surface area contributed by atoms with Crippen LogP contribution >= 0.6 is 0 Å². The maximum atomic E-state index is 10.8. The van der Waals surface area contributed by atoms with Gasteiger partial charge in [-0.15, -0.1) is 0 Å². The second kappa shape index (κ2) is 3.99. The average molecular weight is 262 g/mol. The molecule has 2 aliphatic carbocycles. The van der Waals surface area contributed by atoms with Crippen molar-refractivity contribution in [3.05, 3.63) is 33.7 Å². The van der Waals surface area contributed by atoms with Crippen molar-refractivity contribution in [2.75, 3.05) is 0 Å². The molecule has 3 rings (SSSR count). The van der Waals surface area contributed by atoms with Crippen molar-refractivity contribution in [3.63, 3.8) is 0 Å². The first-order valence-corrected chi connectivity index (χ1v) is 6.30. The lowest BCUT2D eigenvalue weighted by Crippen LogP contribution is -2.42.